The molecule has 0 fully saturated rings. The van der Waals surface area contributed by atoms with Crippen molar-refractivity contribution in [3.05, 3.63) is 64.0 Å². The number of halogens is 2. The maximum Gasteiger partial charge on any atom is 0.359 e. The normalized spacial score (nSPS) is 10.9. The average molecular weight is 547 g/mol. The van der Waals surface area contributed by atoms with Gasteiger partial charge in [0.05, 0.1) is 29.5 Å². The van der Waals surface area contributed by atoms with Gasteiger partial charge in [0, 0.05) is 16.9 Å². The number of esters is 2. The van der Waals surface area contributed by atoms with Crippen molar-refractivity contribution in [3.63, 3.8) is 0 Å². The molecule has 0 radical (unpaired) electrons. The van der Waals surface area contributed by atoms with Crippen molar-refractivity contribution < 1.29 is 19.1 Å². The summed E-state index contributed by atoms with van der Waals surface area (Å²) in [5.41, 5.74) is 2.26. The van der Waals surface area contributed by atoms with Gasteiger partial charge in [0.2, 0.25) is 0 Å². The number of anilines is 1. The van der Waals surface area contributed by atoms with E-state index in [4.69, 9.17) is 26.1 Å². The number of hydrogen-bond acceptors (Lipinski definition) is 7. The van der Waals surface area contributed by atoms with Gasteiger partial charge in [0.15, 0.2) is 5.69 Å². The number of aromatic nitrogens is 4. The Morgan fingerprint density at radius 2 is 1.79 bits per heavy atom. The summed E-state index contributed by atoms with van der Waals surface area (Å²) < 4.78 is 14.5. The number of nitrogens with one attached hydrogen (secondary N) is 1. The fourth-order valence-electron chi connectivity index (χ4n) is 3.37. The lowest BCUT2D eigenvalue weighted by atomic mass is 10.2. The predicted molar refractivity (Wildman–Crippen MR) is 132 cm³/mol. The van der Waals surface area contributed by atoms with E-state index in [0.717, 1.165) is 10.2 Å². The molecule has 34 heavy (non-hydrogen) atoms. The lowest BCUT2D eigenvalue weighted by Gasteiger charge is -2.08. The van der Waals surface area contributed by atoms with E-state index in [2.05, 4.69) is 26.3 Å². The molecule has 11 heteroatoms. The Morgan fingerprint density at radius 3 is 2.50 bits per heavy atom. The topological polar surface area (TPSA) is 99.8 Å². The number of nitrogens with zero attached hydrogens (tertiary/aromatic N) is 4. The molecule has 3 aromatic heterocycles. The van der Waals surface area contributed by atoms with E-state index in [-0.39, 0.29) is 25.5 Å². The van der Waals surface area contributed by atoms with Gasteiger partial charge in [-0.3, -0.25) is 9.20 Å². The van der Waals surface area contributed by atoms with Crippen LogP contribution in [0.5, 0.6) is 0 Å². The fraction of sp³-hybridized carbons (Fsp3) is 0.217. The highest BCUT2D eigenvalue weighted by molar-refractivity contribution is 9.10. The largest absolute Gasteiger partial charge is 0.465 e. The molecule has 0 bridgehead atoms. The van der Waals surface area contributed by atoms with E-state index in [9.17, 15) is 9.59 Å². The van der Waals surface area contributed by atoms with Crippen LogP contribution in [0.2, 0.25) is 5.02 Å². The number of hydrogen-bond donors (Lipinski definition) is 1. The van der Waals surface area contributed by atoms with Crippen molar-refractivity contribution in [2.24, 2.45) is 0 Å². The minimum Gasteiger partial charge on any atom is -0.465 e. The number of benzene rings is 1. The van der Waals surface area contributed by atoms with Crippen LogP contribution < -0.4 is 5.32 Å². The Balaban J connectivity index is 1.87. The minimum atomic E-state index is -0.584. The summed E-state index contributed by atoms with van der Waals surface area (Å²) >= 11 is 9.64. The van der Waals surface area contributed by atoms with Gasteiger partial charge in [0.1, 0.15) is 23.7 Å². The molecule has 176 valence electrons. The Bertz CT molecular complexity index is 1350. The minimum absolute atomic E-state index is 0.0958. The highest BCUT2D eigenvalue weighted by Gasteiger charge is 2.26. The van der Waals surface area contributed by atoms with Crippen LogP contribution in [0.15, 0.2) is 53.3 Å². The Hall–Kier alpha value is -3.37. The highest BCUT2D eigenvalue weighted by Crippen LogP contribution is 2.33. The molecule has 1 N–H and O–H groups in total. The lowest BCUT2D eigenvalue weighted by molar-refractivity contribution is -0.140. The Kier molecular flexibility index (Phi) is 7.18. The summed E-state index contributed by atoms with van der Waals surface area (Å²) in [5.74, 6) is -0.548. The zero-order valence-corrected chi connectivity index (χ0v) is 20.8. The summed E-state index contributed by atoms with van der Waals surface area (Å²) in [5, 5.41) is 8.04. The number of fused-ring (bicyclic) bond motifs is 1. The SMILES string of the molecule is CCOC(=O)CNc1c(-c2cn(-c3ccc(Br)cc3)nc2C(=O)OCC)nc2ccc(Cl)cn12. The van der Waals surface area contributed by atoms with Gasteiger partial charge in [-0.25, -0.2) is 14.5 Å². The van der Waals surface area contributed by atoms with E-state index in [1.54, 1.807) is 47.5 Å². The molecule has 0 spiro atoms. The smallest absolute Gasteiger partial charge is 0.359 e. The van der Waals surface area contributed by atoms with Crippen LogP contribution in [-0.4, -0.2) is 50.9 Å². The molecule has 9 nitrogen and oxygen atoms in total. The quantitative estimate of drug-likeness (QED) is 0.318. The second-order valence-corrected chi connectivity index (χ2v) is 8.43. The number of carbonyl (C=O) groups is 2. The first kappa shape index (κ1) is 23.8. The first-order valence-corrected chi connectivity index (χ1v) is 11.7. The maximum absolute atomic E-state index is 12.8. The molecule has 0 saturated heterocycles. The summed E-state index contributed by atoms with van der Waals surface area (Å²) in [4.78, 5) is 29.5. The van der Waals surface area contributed by atoms with Gasteiger partial charge in [-0.15, -0.1) is 0 Å². The maximum atomic E-state index is 12.8. The first-order chi connectivity index (χ1) is 16.4. The van der Waals surface area contributed by atoms with E-state index in [1.165, 1.54) is 0 Å². The Morgan fingerprint density at radius 1 is 1.06 bits per heavy atom. The molecule has 0 saturated carbocycles. The van der Waals surface area contributed by atoms with Crippen molar-refractivity contribution in [1.82, 2.24) is 19.2 Å². The van der Waals surface area contributed by atoms with Crippen LogP contribution >= 0.6 is 27.5 Å². The lowest BCUT2D eigenvalue weighted by Crippen LogP contribution is -2.18. The number of pyridine rings is 1. The van der Waals surface area contributed by atoms with E-state index in [1.807, 2.05) is 24.3 Å². The third-order valence-electron chi connectivity index (χ3n) is 4.82. The third kappa shape index (κ3) is 4.92. The number of rotatable bonds is 8. The molecule has 3 heterocycles. The fourth-order valence-corrected chi connectivity index (χ4v) is 3.79. The standard InChI is InChI=1S/C23H21BrClN5O4/c1-3-33-19(31)11-26-22-20(27-18-10-7-15(25)12-29(18)22)17-13-30(16-8-5-14(24)6-9-16)28-21(17)23(32)34-4-2/h5-10,12-13,26H,3-4,11H2,1-2H3. The molecule has 0 aliphatic rings. The van der Waals surface area contributed by atoms with Crippen LogP contribution in [-0.2, 0) is 14.3 Å². The zero-order valence-electron chi connectivity index (χ0n) is 18.4. The molecule has 4 aromatic rings. The van der Waals surface area contributed by atoms with Gasteiger partial charge in [-0.05, 0) is 50.2 Å². The number of ether oxygens (including phenoxy) is 2. The van der Waals surface area contributed by atoms with Gasteiger partial charge in [-0.2, -0.15) is 5.10 Å². The van der Waals surface area contributed by atoms with Crippen LogP contribution in [0, 0.1) is 0 Å². The number of carbonyl (C=O) groups excluding carboxylic acids is 2. The summed E-state index contributed by atoms with van der Waals surface area (Å²) in [7, 11) is 0. The highest BCUT2D eigenvalue weighted by atomic mass is 79.9. The summed E-state index contributed by atoms with van der Waals surface area (Å²) in [6, 6.07) is 10.9. The third-order valence-corrected chi connectivity index (χ3v) is 5.57. The van der Waals surface area contributed by atoms with Crippen LogP contribution in [0.1, 0.15) is 24.3 Å². The summed E-state index contributed by atoms with van der Waals surface area (Å²) in [6.07, 6.45) is 3.37. The molecule has 0 atom stereocenters. The van der Waals surface area contributed by atoms with E-state index < -0.39 is 11.9 Å². The number of imidazole rings is 1. The molecule has 0 amide bonds. The molecule has 0 unspecified atom stereocenters. The summed E-state index contributed by atoms with van der Waals surface area (Å²) in [6.45, 7) is 3.82. The second kappa shape index (κ2) is 10.3. The van der Waals surface area contributed by atoms with E-state index in [0.29, 0.717) is 27.7 Å². The second-order valence-electron chi connectivity index (χ2n) is 7.08. The van der Waals surface area contributed by atoms with E-state index >= 15 is 0 Å². The van der Waals surface area contributed by atoms with Gasteiger partial charge < -0.3 is 14.8 Å². The molecular formula is C23H21BrClN5O4. The van der Waals surface area contributed by atoms with Crippen LogP contribution in [0.4, 0.5) is 5.82 Å². The molecule has 0 aliphatic carbocycles. The monoisotopic (exact) mass is 545 g/mol. The molecule has 1 aromatic carbocycles. The van der Waals surface area contributed by atoms with Crippen molar-refractivity contribution in [1.29, 1.82) is 0 Å². The molecule has 0 aliphatic heterocycles. The van der Waals surface area contributed by atoms with Crippen molar-refractivity contribution in [3.8, 4) is 16.9 Å². The zero-order chi connectivity index (χ0) is 24.2. The predicted octanol–water partition coefficient (Wildman–Crippen LogP) is 4.75. The van der Waals surface area contributed by atoms with Gasteiger partial charge in [0.25, 0.3) is 0 Å². The van der Waals surface area contributed by atoms with Crippen LogP contribution in [0.3, 0.4) is 0 Å². The molecular weight excluding hydrogens is 526 g/mol. The van der Waals surface area contributed by atoms with Crippen molar-refractivity contribution in [2.45, 2.75) is 13.8 Å². The van der Waals surface area contributed by atoms with Gasteiger partial charge in [-0.1, -0.05) is 27.5 Å². The average Bonchev–Trinajstić information content (AvgIpc) is 3.40. The van der Waals surface area contributed by atoms with Gasteiger partial charge >= 0.3 is 11.9 Å². The Labute approximate surface area is 208 Å². The molecule has 4 rings (SSSR count). The first-order valence-electron chi connectivity index (χ1n) is 10.5. The van der Waals surface area contributed by atoms with Crippen molar-refractivity contribution in [2.75, 3.05) is 25.1 Å². The van der Waals surface area contributed by atoms with Crippen molar-refractivity contribution >= 4 is 50.9 Å². The van der Waals surface area contributed by atoms with Crippen LogP contribution in [0.25, 0.3) is 22.6 Å².